The molecule has 146 valence electrons. The molecule has 0 bridgehead atoms. The van der Waals surface area contributed by atoms with Crippen LogP contribution in [0.2, 0.25) is 0 Å². The van der Waals surface area contributed by atoms with E-state index in [0.29, 0.717) is 18.0 Å². The largest absolute Gasteiger partial charge is 0.573 e. The summed E-state index contributed by atoms with van der Waals surface area (Å²) < 4.78 is 45.5. The predicted molar refractivity (Wildman–Crippen MR) is 95.2 cm³/mol. The Bertz CT molecular complexity index is 791. The molecule has 2 aromatic rings. The fraction of sp³-hybridized carbons (Fsp3) is 0.250. The van der Waals surface area contributed by atoms with Gasteiger partial charge in [0.25, 0.3) is 0 Å². The van der Waals surface area contributed by atoms with Gasteiger partial charge in [0.05, 0.1) is 14.1 Å². The number of carbonyl (C=O) groups excluding carboxylic acids is 1. The van der Waals surface area contributed by atoms with Crippen LogP contribution in [0.15, 0.2) is 40.8 Å². The maximum Gasteiger partial charge on any atom is 0.573 e. The smallest absolute Gasteiger partial charge is 0.450 e. The second-order valence-electron chi connectivity index (χ2n) is 5.76. The molecule has 0 radical (unpaired) electrons. The van der Waals surface area contributed by atoms with Crippen molar-refractivity contribution in [2.75, 3.05) is 19.4 Å². The molecule has 0 aliphatic heterocycles. The van der Waals surface area contributed by atoms with Gasteiger partial charge in [-0.05, 0) is 48.6 Å². The fourth-order valence-electron chi connectivity index (χ4n) is 2.02. The average molecular weight is 403 g/mol. The number of ether oxygens (including phenoxy) is 1. The van der Waals surface area contributed by atoms with Gasteiger partial charge in [0.1, 0.15) is 12.3 Å². The molecule has 0 unspecified atom stereocenters. The quantitative estimate of drug-likeness (QED) is 0.447. The van der Waals surface area contributed by atoms with Gasteiger partial charge in [-0.25, -0.2) is 0 Å². The molecule has 4 N–H and O–H groups in total. The number of quaternary nitrogens is 1. The van der Waals surface area contributed by atoms with Gasteiger partial charge in [-0.15, -0.1) is 13.2 Å². The molecule has 1 amide bonds. The molecular formula is C16H18F3N4O3S+. The monoisotopic (exact) mass is 403 g/mol. The van der Waals surface area contributed by atoms with E-state index in [1.54, 1.807) is 12.1 Å². The van der Waals surface area contributed by atoms with E-state index < -0.39 is 12.3 Å². The van der Waals surface area contributed by atoms with Crippen molar-refractivity contribution in [1.29, 1.82) is 0 Å². The molecule has 0 spiro atoms. The number of hydrazine groups is 1. The van der Waals surface area contributed by atoms with Gasteiger partial charge in [0.15, 0.2) is 16.6 Å². The normalized spacial score (nSPS) is 11.2. The lowest BCUT2D eigenvalue weighted by molar-refractivity contribution is -0.873. The van der Waals surface area contributed by atoms with E-state index in [-0.39, 0.29) is 16.6 Å². The highest BCUT2D eigenvalue weighted by molar-refractivity contribution is 7.80. The number of alkyl halides is 3. The molecule has 0 fully saturated rings. The third-order valence-corrected chi connectivity index (χ3v) is 3.25. The zero-order valence-electron chi connectivity index (χ0n) is 14.4. The van der Waals surface area contributed by atoms with Crippen molar-refractivity contribution in [1.82, 2.24) is 10.9 Å². The van der Waals surface area contributed by atoms with Crippen molar-refractivity contribution in [2.24, 2.45) is 0 Å². The van der Waals surface area contributed by atoms with E-state index >= 15 is 0 Å². The number of thiocarbonyl (C=S) groups is 1. The van der Waals surface area contributed by atoms with Crippen LogP contribution in [0.1, 0.15) is 16.3 Å². The number of halogens is 3. The molecule has 27 heavy (non-hydrogen) atoms. The SMILES string of the molecule is C[NH+](C)Cc1ccc(C(=O)NNC(=S)Nc2ccc(OC(F)(F)F)cc2)o1. The minimum absolute atomic E-state index is 0.0392. The Kier molecular flexibility index (Phi) is 6.64. The standard InChI is InChI=1S/C16H17F3N4O3S/c1-23(2)9-12-7-8-13(25-12)14(24)21-22-15(27)20-10-3-5-11(6-4-10)26-16(17,18)19/h3-8H,9H2,1-2H3,(H,21,24)(H2,20,22,27)/p+1. The van der Waals surface area contributed by atoms with Gasteiger partial charge in [-0.1, -0.05) is 0 Å². The zero-order valence-corrected chi connectivity index (χ0v) is 15.3. The highest BCUT2D eigenvalue weighted by atomic mass is 32.1. The summed E-state index contributed by atoms with van der Waals surface area (Å²) in [7, 11) is 3.91. The molecule has 0 aliphatic rings. The lowest BCUT2D eigenvalue weighted by Crippen LogP contribution is -3.04. The number of amides is 1. The van der Waals surface area contributed by atoms with Crippen molar-refractivity contribution in [2.45, 2.75) is 12.9 Å². The minimum atomic E-state index is -4.75. The first-order valence-electron chi connectivity index (χ1n) is 7.73. The molecule has 7 nitrogen and oxygen atoms in total. The first kappa shape index (κ1) is 20.5. The van der Waals surface area contributed by atoms with E-state index in [1.807, 2.05) is 14.1 Å². The third-order valence-electron chi connectivity index (χ3n) is 3.05. The Balaban J connectivity index is 1.81. The number of nitrogens with one attached hydrogen (secondary N) is 4. The summed E-state index contributed by atoms with van der Waals surface area (Å²) in [6, 6.07) is 8.22. The Morgan fingerprint density at radius 2 is 1.81 bits per heavy atom. The predicted octanol–water partition coefficient (Wildman–Crippen LogP) is 1.45. The summed E-state index contributed by atoms with van der Waals surface area (Å²) in [5.74, 6) is -0.0845. The van der Waals surface area contributed by atoms with Crippen LogP contribution in [-0.4, -0.2) is 31.5 Å². The fourth-order valence-corrected chi connectivity index (χ4v) is 2.19. The Morgan fingerprint density at radius 3 is 2.41 bits per heavy atom. The van der Waals surface area contributed by atoms with Crippen LogP contribution in [0.5, 0.6) is 5.75 Å². The maximum absolute atomic E-state index is 12.1. The van der Waals surface area contributed by atoms with Crippen molar-refractivity contribution >= 4 is 28.9 Å². The van der Waals surface area contributed by atoms with E-state index in [4.69, 9.17) is 16.6 Å². The van der Waals surface area contributed by atoms with Gasteiger partial charge in [0.2, 0.25) is 0 Å². The molecule has 1 aromatic carbocycles. The van der Waals surface area contributed by atoms with Crippen LogP contribution in [0.3, 0.4) is 0 Å². The van der Waals surface area contributed by atoms with Crippen LogP contribution in [-0.2, 0) is 6.54 Å². The van der Waals surface area contributed by atoms with Crippen LogP contribution in [0.25, 0.3) is 0 Å². The molecule has 2 rings (SSSR count). The van der Waals surface area contributed by atoms with Crippen LogP contribution in [0.4, 0.5) is 18.9 Å². The highest BCUT2D eigenvalue weighted by Gasteiger charge is 2.30. The van der Waals surface area contributed by atoms with E-state index in [9.17, 15) is 18.0 Å². The Hall–Kier alpha value is -2.79. The van der Waals surface area contributed by atoms with Crippen LogP contribution < -0.4 is 25.8 Å². The molecule has 0 saturated heterocycles. The van der Waals surface area contributed by atoms with Gasteiger partial charge >= 0.3 is 12.3 Å². The molecule has 0 aliphatic carbocycles. The number of hydrogen-bond donors (Lipinski definition) is 4. The van der Waals surface area contributed by atoms with E-state index in [0.717, 1.165) is 17.0 Å². The van der Waals surface area contributed by atoms with Gasteiger partial charge in [0, 0.05) is 5.69 Å². The second-order valence-corrected chi connectivity index (χ2v) is 6.16. The highest BCUT2D eigenvalue weighted by Crippen LogP contribution is 2.23. The third kappa shape index (κ3) is 7.15. The number of anilines is 1. The summed E-state index contributed by atoms with van der Waals surface area (Å²) in [4.78, 5) is 13.1. The Morgan fingerprint density at radius 1 is 1.15 bits per heavy atom. The summed E-state index contributed by atoms with van der Waals surface area (Å²) in [6.07, 6.45) is -4.75. The van der Waals surface area contributed by atoms with Crippen LogP contribution in [0, 0.1) is 0 Å². The summed E-state index contributed by atoms with van der Waals surface area (Å²) in [5.41, 5.74) is 5.25. The van der Waals surface area contributed by atoms with E-state index in [1.165, 1.54) is 12.1 Å². The Labute approximate surface area is 158 Å². The number of carbonyl (C=O) groups is 1. The second kappa shape index (κ2) is 8.73. The maximum atomic E-state index is 12.1. The van der Waals surface area contributed by atoms with Crippen molar-refractivity contribution in [3.63, 3.8) is 0 Å². The summed E-state index contributed by atoms with van der Waals surface area (Å²) >= 11 is 5.00. The zero-order chi connectivity index (χ0) is 20.0. The molecule has 1 aromatic heterocycles. The minimum Gasteiger partial charge on any atom is -0.450 e. The summed E-state index contributed by atoms with van der Waals surface area (Å²) in [6.45, 7) is 0.634. The van der Waals surface area contributed by atoms with Gasteiger partial charge in [-0.2, -0.15) is 0 Å². The molecule has 0 saturated carbocycles. The first-order chi connectivity index (χ1) is 12.6. The molecule has 1 heterocycles. The van der Waals surface area contributed by atoms with Crippen molar-refractivity contribution < 1.29 is 32.0 Å². The van der Waals surface area contributed by atoms with E-state index in [2.05, 4.69) is 20.9 Å². The lowest BCUT2D eigenvalue weighted by atomic mass is 10.3. The average Bonchev–Trinajstić information content (AvgIpc) is 3.01. The number of rotatable bonds is 5. The lowest BCUT2D eigenvalue weighted by Gasteiger charge is -2.12. The van der Waals surface area contributed by atoms with Crippen molar-refractivity contribution in [3.05, 3.63) is 47.9 Å². The topological polar surface area (TPSA) is 80.0 Å². The van der Waals surface area contributed by atoms with Gasteiger partial charge in [-0.3, -0.25) is 15.6 Å². The van der Waals surface area contributed by atoms with Gasteiger partial charge < -0.3 is 19.4 Å². The number of benzene rings is 1. The molecule has 0 atom stereocenters. The van der Waals surface area contributed by atoms with Crippen molar-refractivity contribution in [3.8, 4) is 5.75 Å². The van der Waals surface area contributed by atoms with Crippen LogP contribution >= 0.6 is 12.2 Å². The molecule has 11 heteroatoms. The number of hydrogen-bond acceptors (Lipinski definition) is 4. The molecular weight excluding hydrogens is 385 g/mol. The number of furan rings is 1. The first-order valence-corrected chi connectivity index (χ1v) is 8.14. The summed E-state index contributed by atoms with van der Waals surface area (Å²) in [5, 5.41) is 2.74.